The highest BCUT2D eigenvalue weighted by molar-refractivity contribution is 6.31. The van der Waals surface area contributed by atoms with E-state index in [4.69, 9.17) is 0 Å². The Morgan fingerprint density at radius 2 is 1.34 bits per heavy atom. The predicted octanol–water partition coefficient (Wildman–Crippen LogP) is 7.05. The van der Waals surface area contributed by atoms with E-state index in [1.165, 1.54) is 48.9 Å². The van der Waals surface area contributed by atoms with Crippen LogP contribution in [0.3, 0.4) is 0 Å². The lowest BCUT2D eigenvalue weighted by Crippen LogP contribution is -1.83. The van der Waals surface area contributed by atoms with Crippen LogP contribution < -0.4 is 0 Å². The Morgan fingerprint density at radius 1 is 0.586 bits per heavy atom. The van der Waals surface area contributed by atoms with Crippen molar-refractivity contribution in [1.82, 2.24) is 9.38 Å². The van der Waals surface area contributed by atoms with Crippen LogP contribution in [0.15, 0.2) is 97.2 Å². The summed E-state index contributed by atoms with van der Waals surface area (Å²) < 4.78 is 2.43. The van der Waals surface area contributed by atoms with Gasteiger partial charge in [-0.3, -0.25) is 4.98 Å². The van der Waals surface area contributed by atoms with Gasteiger partial charge in [0.25, 0.3) is 0 Å². The molecular weight excluding hydrogens is 352 g/mol. The molecule has 7 rings (SSSR count). The molecule has 0 aliphatic carbocycles. The number of fused-ring (bicyclic) bond motifs is 8. The monoisotopic (exact) mass is 368 g/mol. The first kappa shape index (κ1) is 15.1. The van der Waals surface area contributed by atoms with E-state index in [2.05, 4.69) is 88.2 Å². The summed E-state index contributed by atoms with van der Waals surface area (Å²) in [7, 11) is 0. The summed E-state index contributed by atoms with van der Waals surface area (Å²) in [5.74, 6) is 0. The zero-order chi connectivity index (χ0) is 18.9. The molecule has 0 saturated heterocycles. The summed E-state index contributed by atoms with van der Waals surface area (Å²) in [6.07, 6.45) is 1.85. The van der Waals surface area contributed by atoms with Gasteiger partial charge in [0.15, 0.2) is 0 Å². The summed E-state index contributed by atoms with van der Waals surface area (Å²) in [5.41, 5.74) is 6.03. The highest BCUT2D eigenvalue weighted by atomic mass is 14.9. The largest absolute Gasteiger partial charge is 0.308 e. The topological polar surface area (TPSA) is 17.3 Å². The molecule has 29 heavy (non-hydrogen) atoms. The molecule has 0 saturated carbocycles. The fraction of sp³-hybridized carbons (Fsp3) is 0. The van der Waals surface area contributed by atoms with Crippen LogP contribution in [0.25, 0.3) is 60.1 Å². The van der Waals surface area contributed by atoms with Crippen LogP contribution in [0.4, 0.5) is 0 Å². The molecule has 2 nitrogen and oxygen atoms in total. The lowest BCUT2D eigenvalue weighted by molar-refractivity contribution is 1.33. The first-order chi connectivity index (χ1) is 14.4. The third-order valence-electron chi connectivity index (χ3n) is 6.15. The average Bonchev–Trinajstić information content (AvgIpc) is 3.30. The molecule has 0 fully saturated rings. The summed E-state index contributed by atoms with van der Waals surface area (Å²) >= 11 is 0. The third-order valence-corrected chi connectivity index (χ3v) is 6.15. The van der Waals surface area contributed by atoms with E-state index in [0.717, 1.165) is 11.3 Å². The number of aromatic nitrogens is 2. The number of para-hydroxylation sites is 2. The summed E-state index contributed by atoms with van der Waals surface area (Å²) in [4.78, 5) is 4.54. The molecule has 0 bridgehead atoms. The molecule has 4 aromatic carbocycles. The number of hydrogen-bond donors (Lipinski definition) is 0. The SMILES string of the molecule is c1ccc(-c2ccc3c(c2)cc2c4ccccc4n4c5ccccc5c3c24)nc1. The molecule has 2 heteroatoms. The van der Waals surface area contributed by atoms with Crippen molar-refractivity contribution in [3.8, 4) is 11.3 Å². The van der Waals surface area contributed by atoms with Crippen molar-refractivity contribution in [3.05, 3.63) is 97.2 Å². The van der Waals surface area contributed by atoms with Gasteiger partial charge in [0.1, 0.15) is 0 Å². The average molecular weight is 368 g/mol. The molecule has 7 aromatic rings. The Hall–Kier alpha value is -3.91. The summed E-state index contributed by atoms with van der Waals surface area (Å²) in [6, 6.07) is 32.6. The molecule has 0 amide bonds. The van der Waals surface area contributed by atoms with Gasteiger partial charge < -0.3 is 4.40 Å². The number of benzene rings is 4. The Morgan fingerprint density at radius 3 is 2.17 bits per heavy atom. The molecule has 0 radical (unpaired) electrons. The van der Waals surface area contributed by atoms with Crippen molar-refractivity contribution < 1.29 is 0 Å². The van der Waals surface area contributed by atoms with Crippen molar-refractivity contribution in [2.45, 2.75) is 0 Å². The van der Waals surface area contributed by atoms with E-state index in [1.807, 2.05) is 18.3 Å². The lowest BCUT2D eigenvalue weighted by atomic mass is 9.98. The fourth-order valence-electron chi connectivity index (χ4n) is 4.95. The van der Waals surface area contributed by atoms with Gasteiger partial charge in [-0.05, 0) is 47.2 Å². The molecule has 0 aliphatic rings. The first-order valence-corrected chi connectivity index (χ1v) is 9.91. The minimum Gasteiger partial charge on any atom is -0.308 e. The molecule has 0 atom stereocenters. The number of rotatable bonds is 1. The van der Waals surface area contributed by atoms with E-state index >= 15 is 0 Å². The molecular formula is C27H16N2. The van der Waals surface area contributed by atoms with Crippen LogP contribution in [0.2, 0.25) is 0 Å². The van der Waals surface area contributed by atoms with E-state index in [1.54, 1.807) is 0 Å². The molecule has 0 spiro atoms. The van der Waals surface area contributed by atoms with Gasteiger partial charge in [-0.15, -0.1) is 0 Å². The van der Waals surface area contributed by atoms with Crippen LogP contribution in [-0.2, 0) is 0 Å². The molecule has 0 unspecified atom stereocenters. The smallest absolute Gasteiger partial charge is 0.0702 e. The predicted molar refractivity (Wildman–Crippen MR) is 122 cm³/mol. The standard InChI is InChI=1S/C27H16N2/c1-3-10-24-20(7-1)22-16-18-15-17(23-9-5-6-14-28-23)12-13-19(18)26-21-8-2-4-11-25(21)29(24)27(22)26/h1-16H. The minimum atomic E-state index is 1.01. The van der Waals surface area contributed by atoms with Gasteiger partial charge in [0.2, 0.25) is 0 Å². The second-order valence-corrected chi connectivity index (χ2v) is 7.67. The zero-order valence-electron chi connectivity index (χ0n) is 15.6. The van der Waals surface area contributed by atoms with Crippen molar-refractivity contribution in [2.24, 2.45) is 0 Å². The first-order valence-electron chi connectivity index (χ1n) is 9.91. The highest BCUT2D eigenvalue weighted by Gasteiger charge is 2.19. The maximum absolute atomic E-state index is 4.54. The van der Waals surface area contributed by atoms with Crippen molar-refractivity contribution >= 4 is 48.9 Å². The minimum absolute atomic E-state index is 1.01. The zero-order valence-corrected chi connectivity index (χ0v) is 15.6. The van der Waals surface area contributed by atoms with Crippen molar-refractivity contribution in [3.63, 3.8) is 0 Å². The Kier molecular flexibility index (Phi) is 2.77. The number of pyridine rings is 1. The number of hydrogen-bond acceptors (Lipinski definition) is 1. The van der Waals surface area contributed by atoms with Crippen LogP contribution in [0.5, 0.6) is 0 Å². The van der Waals surface area contributed by atoms with Gasteiger partial charge in [-0.2, -0.15) is 0 Å². The molecule has 0 N–H and O–H groups in total. The van der Waals surface area contributed by atoms with E-state index in [9.17, 15) is 0 Å². The third kappa shape index (κ3) is 1.88. The summed E-state index contributed by atoms with van der Waals surface area (Å²) in [5, 5.41) is 7.84. The van der Waals surface area contributed by atoms with E-state index in [-0.39, 0.29) is 0 Å². The lowest BCUT2D eigenvalue weighted by Gasteiger charge is -2.06. The Balaban J connectivity index is 1.74. The molecule has 134 valence electrons. The normalized spacial score (nSPS) is 12.1. The van der Waals surface area contributed by atoms with Gasteiger partial charge in [0.05, 0.1) is 22.2 Å². The fourth-order valence-corrected chi connectivity index (χ4v) is 4.95. The van der Waals surface area contributed by atoms with Crippen LogP contribution >= 0.6 is 0 Å². The second kappa shape index (κ2) is 5.33. The molecule has 0 aliphatic heterocycles. The van der Waals surface area contributed by atoms with Crippen molar-refractivity contribution in [1.29, 1.82) is 0 Å². The van der Waals surface area contributed by atoms with Gasteiger partial charge >= 0.3 is 0 Å². The Bertz CT molecular complexity index is 1690. The molecule has 3 heterocycles. The second-order valence-electron chi connectivity index (χ2n) is 7.67. The van der Waals surface area contributed by atoms with Crippen LogP contribution in [-0.4, -0.2) is 9.38 Å². The maximum atomic E-state index is 4.54. The van der Waals surface area contributed by atoms with Gasteiger partial charge in [-0.1, -0.05) is 54.6 Å². The number of nitrogens with zero attached hydrogens (tertiary/aromatic N) is 2. The van der Waals surface area contributed by atoms with Crippen molar-refractivity contribution in [2.75, 3.05) is 0 Å². The molecule has 3 aromatic heterocycles. The van der Waals surface area contributed by atoms with Gasteiger partial charge in [-0.25, -0.2) is 0 Å². The summed E-state index contributed by atoms with van der Waals surface area (Å²) in [6.45, 7) is 0. The maximum Gasteiger partial charge on any atom is 0.0702 e. The van der Waals surface area contributed by atoms with Crippen LogP contribution in [0.1, 0.15) is 0 Å². The van der Waals surface area contributed by atoms with Crippen LogP contribution in [0, 0.1) is 0 Å². The van der Waals surface area contributed by atoms with Gasteiger partial charge in [0, 0.05) is 33.3 Å². The Labute approximate surface area is 167 Å². The quantitative estimate of drug-likeness (QED) is 0.303. The van der Waals surface area contributed by atoms with E-state index in [0.29, 0.717) is 0 Å². The van der Waals surface area contributed by atoms with E-state index < -0.39 is 0 Å². The highest BCUT2D eigenvalue weighted by Crippen LogP contribution is 2.43.